The fourth-order valence-electron chi connectivity index (χ4n) is 2.47. The van der Waals surface area contributed by atoms with Crippen molar-refractivity contribution in [1.29, 1.82) is 0 Å². The molecule has 0 spiro atoms. The van der Waals surface area contributed by atoms with Gasteiger partial charge in [-0.3, -0.25) is 9.59 Å². The number of hydrogen-bond donors (Lipinski definition) is 4. The Balaban J connectivity index is 1.78. The number of amides is 2. The first-order chi connectivity index (χ1) is 11.0. The molecule has 2 atom stereocenters. The van der Waals surface area contributed by atoms with E-state index in [2.05, 4.69) is 15.6 Å². The fraction of sp³-hybridized carbons (Fsp3) is 0.412. The van der Waals surface area contributed by atoms with Gasteiger partial charge < -0.3 is 20.7 Å². The van der Waals surface area contributed by atoms with Crippen LogP contribution in [0.5, 0.6) is 0 Å². The number of aliphatic hydroxyl groups is 1. The van der Waals surface area contributed by atoms with Crippen molar-refractivity contribution in [1.82, 2.24) is 15.6 Å². The molecule has 6 nitrogen and oxygen atoms in total. The van der Waals surface area contributed by atoms with Gasteiger partial charge in [-0.1, -0.05) is 25.1 Å². The molecule has 0 saturated carbocycles. The van der Waals surface area contributed by atoms with Crippen molar-refractivity contribution < 1.29 is 14.7 Å². The Labute approximate surface area is 135 Å². The van der Waals surface area contributed by atoms with E-state index in [4.69, 9.17) is 0 Å². The van der Waals surface area contributed by atoms with Gasteiger partial charge in [0, 0.05) is 17.4 Å². The number of H-pyrrole nitrogens is 1. The number of nitrogens with one attached hydrogen (secondary N) is 3. The lowest BCUT2D eigenvalue weighted by atomic mass is 10.1. The summed E-state index contributed by atoms with van der Waals surface area (Å²) < 4.78 is 0. The molecule has 23 heavy (non-hydrogen) atoms. The van der Waals surface area contributed by atoms with Crippen LogP contribution in [0.15, 0.2) is 30.3 Å². The number of rotatable bonds is 7. The molecule has 2 unspecified atom stereocenters. The quantitative estimate of drug-likeness (QED) is 0.622. The summed E-state index contributed by atoms with van der Waals surface area (Å²) in [6, 6.07) is 9.36. The Morgan fingerprint density at radius 3 is 2.65 bits per heavy atom. The number of hydrogen-bond acceptors (Lipinski definition) is 3. The molecule has 0 bridgehead atoms. The lowest BCUT2D eigenvalue weighted by Crippen LogP contribution is -2.39. The summed E-state index contributed by atoms with van der Waals surface area (Å²) in [6.07, 6.45) is 0.241. The van der Waals surface area contributed by atoms with Crippen molar-refractivity contribution in [3.05, 3.63) is 36.0 Å². The predicted molar refractivity (Wildman–Crippen MR) is 89.1 cm³/mol. The van der Waals surface area contributed by atoms with E-state index in [1.54, 1.807) is 13.0 Å². The van der Waals surface area contributed by atoms with Gasteiger partial charge in [0.1, 0.15) is 5.69 Å². The van der Waals surface area contributed by atoms with Gasteiger partial charge in [0.05, 0.1) is 12.6 Å². The van der Waals surface area contributed by atoms with Crippen molar-refractivity contribution in [3.63, 3.8) is 0 Å². The van der Waals surface area contributed by atoms with Crippen molar-refractivity contribution in [2.24, 2.45) is 5.92 Å². The van der Waals surface area contributed by atoms with E-state index in [1.807, 2.05) is 31.2 Å². The average molecular weight is 317 g/mol. The van der Waals surface area contributed by atoms with Crippen LogP contribution >= 0.6 is 0 Å². The molecule has 2 amide bonds. The van der Waals surface area contributed by atoms with Gasteiger partial charge in [-0.05, 0) is 31.4 Å². The third-order valence-corrected chi connectivity index (χ3v) is 3.58. The normalized spacial score (nSPS) is 13.5. The Kier molecular flexibility index (Phi) is 5.76. The number of benzene rings is 1. The predicted octanol–water partition coefficient (Wildman–Crippen LogP) is 1.42. The zero-order chi connectivity index (χ0) is 16.8. The molecule has 2 aromatic rings. The molecule has 4 N–H and O–H groups in total. The highest BCUT2D eigenvalue weighted by atomic mass is 16.3. The molecule has 6 heteroatoms. The lowest BCUT2D eigenvalue weighted by Gasteiger charge is -2.14. The van der Waals surface area contributed by atoms with Crippen LogP contribution in [0.25, 0.3) is 10.9 Å². The molecule has 0 aliphatic carbocycles. The summed E-state index contributed by atoms with van der Waals surface area (Å²) in [5.41, 5.74) is 1.32. The second-order valence-electron chi connectivity index (χ2n) is 5.95. The van der Waals surface area contributed by atoms with Crippen LogP contribution in [-0.4, -0.2) is 41.1 Å². The number of fused-ring (bicyclic) bond motifs is 1. The molecule has 0 aliphatic heterocycles. The molecule has 0 aliphatic rings. The van der Waals surface area contributed by atoms with Gasteiger partial charge in [0.15, 0.2) is 0 Å². The summed E-state index contributed by atoms with van der Waals surface area (Å²) >= 11 is 0. The largest absolute Gasteiger partial charge is 0.393 e. The monoisotopic (exact) mass is 317 g/mol. The molecule has 124 valence electrons. The lowest BCUT2D eigenvalue weighted by molar-refractivity contribution is -0.120. The second kappa shape index (κ2) is 7.78. The molecular formula is C17H23N3O3. The van der Waals surface area contributed by atoms with Gasteiger partial charge >= 0.3 is 0 Å². The molecule has 0 radical (unpaired) electrons. The average Bonchev–Trinajstić information content (AvgIpc) is 2.94. The van der Waals surface area contributed by atoms with Gasteiger partial charge in [0.2, 0.25) is 5.91 Å². The van der Waals surface area contributed by atoms with Crippen LogP contribution in [0, 0.1) is 5.92 Å². The molecule has 1 heterocycles. The summed E-state index contributed by atoms with van der Waals surface area (Å²) in [7, 11) is 0. The van der Waals surface area contributed by atoms with E-state index in [0.29, 0.717) is 18.7 Å². The fourth-order valence-corrected chi connectivity index (χ4v) is 2.47. The number of carbonyl (C=O) groups excluding carboxylic acids is 2. The van der Waals surface area contributed by atoms with Crippen LogP contribution in [0.1, 0.15) is 30.8 Å². The molecular weight excluding hydrogens is 294 g/mol. The van der Waals surface area contributed by atoms with Crippen LogP contribution < -0.4 is 10.6 Å². The van der Waals surface area contributed by atoms with Gasteiger partial charge in [-0.25, -0.2) is 0 Å². The van der Waals surface area contributed by atoms with Crippen LogP contribution in [0.4, 0.5) is 0 Å². The minimum atomic E-state index is -0.386. The van der Waals surface area contributed by atoms with Crippen LogP contribution in [0.3, 0.4) is 0 Å². The van der Waals surface area contributed by atoms with E-state index >= 15 is 0 Å². The summed E-state index contributed by atoms with van der Waals surface area (Å²) in [4.78, 5) is 26.8. The Morgan fingerprint density at radius 2 is 1.96 bits per heavy atom. The Morgan fingerprint density at radius 1 is 1.22 bits per heavy atom. The molecule has 1 aromatic carbocycles. The number of aliphatic hydroxyl groups excluding tert-OH is 1. The topological polar surface area (TPSA) is 94.2 Å². The van der Waals surface area contributed by atoms with Gasteiger partial charge in [0.25, 0.3) is 5.91 Å². The molecule has 0 saturated heterocycles. The second-order valence-corrected chi connectivity index (χ2v) is 5.95. The number of para-hydroxylation sites is 1. The highest BCUT2D eigenvalue weighted by molar-refractivity contribution is 5.99. The highest BCUT2D eigenvalue weighted by Gasteiger charge is 2.12. The van der Waals surface area contributed by atoms with E-state index in [9.17, 15) is 14.7 Å². The van der Waals surface area contributed by atoms with Crippen LogP contribution in [-0.2, 0) is 4.79 Å². The molecule has 1 aromatic heterocycles. The summed E-state index contributed by atoms with van der Waals surface area (Å²) in [6.45, 7) is 4.08. The van der Waals surface area contributed by atoms with Gasteiger partial charge in [-0.2, -0.15) is 0 Å². The Bertz CT molecular complexity index is 646. The number of aromatic nitrogens is 1. The number of carbonyl (C=O) groups is 2. The SMILES string of the molecule is CC(O)CC(C)CNC(=O)CNC(=O)c1cc2ccccc2[nH]1. The van der Waals surface area contributed by atoms with E-state index in [0.717, 1.165) is 10.9 Å². The highest BCUT2D eigenvalue weighted by Crippen LogP contribution is 2.14. The maximum absolute atomic E-state index is 12.0. The van der Waals surface area contributed by atoms with Crippen molar-refractivity contribution in [2.75, 3.05) is 13.1 Å². The third kappa shape index (κ3) is 5.10. The maximum atomic E-state index is 12.0. The summed E-state index contributed by atoms with van der Waals surface area (Å²) in [5, 5.41) is 15.6. The van der Waals surface area contributed by atoms with Crippen molar-refractivity contribution in [2.45, 2.75) is 26.4 Å². The molecule has 0 fully saturated rings. The first-order valence-electron chi connectivity index (χ1n) is 7.76. The smallest absolute Gasteiger partial charge is 0.268 e. The minimum Gasteiger partial charge on any atom is -0.393 e. The summed E-state index contributed by atoms with van der Waals surface area (Å²) in [5.74, 6) is -0.372. The Hall–Kier alpha value is -2.34. The van der Waals surface area contributed by atoms with E-state index in [1.165, 1.54) is 0 Å². The standard InChI is InChI=1S/C17H23N3O3/c1-11(7-12(2)21)9-18-16(22)10-19-17(23)15-8-13-5-3-4-6-14(13)20-15/h3-6,8,11-12,20-21H,7,9-10H2,1-2H3,(H,18,22)(H,19,23). The van der Waals surface area contributed by atoms with Crippen molar-refractivity contribution >= 4 is 22.7 Å². The maximum Gasteiger partial charge on any atom is 0.268 e. The zero-order valence-corrected chi connectivity index (χ0v) is 13.4. The minimum absolute atomic E-state index is 0.0738. The number of aromatic amines is 1. The van der Waals surface area contributed by atoms with Crippen molar-refractivity contribution in [3.8, 4) is 0 Å². The third-order valence-electron chi connectivity index (χ3n) is 3.58. The van der Waals surface area contributed by atoms with Gasteiger partial charge in [-0.15, -0.1) is 0 Å². The van der Waals surface area contributed by atoms with E-state index < -0.39 is 0 Å². The first kappa shape index (κ1) is 17.0. The first-order valence-corrected chi connectivity index (χ1v) is 7.76. The van der Waals surface area contributed by atoms with E-state index in [-0.39, 0.29) is 30.4 Å². The van der Waals surface area contributed by atoms with Crippen LogP contribution in [0.2, 0.25) is 0 Å². The molecule has 2 rings (SSSR count). The zero-order valence-electron chi connectivity index (χ0n) is 13.4.